The first-order valence-electron chi connectivity index (χ1n) is 7.77. The summed E-state index contributed by atoms with van der Waals surface area (Å²) >= 11 is 0. The Morgan fingerprint density at radius 1 is 1.18 bits per heavy atom. The lowest BCUT2D eigenvalue weighted by Gasteiger charge is -2.29. The minimum Gasteiger partial charge on any atom is -0.314 e. The summed E-state index contributed by atoms with van der Waals surface area (Å²) < 4.78 is 0. The number of rotatable bonds is 7. The molecule has 2 N–H and O–H groups in total. The van der Waals surface area contributed by atoms with E-state index in [0.717, 1.165) is 18.0 Å². The van der Waals surface area contributed by atoms with E-state index < -0.39 is 0 Å². The Balaban J connectivity index is 1.64. The average Bonchev–Trinajstić information content (AvgIpc) is 3.13. The predicted molar refractivity (Wildman–Crippen MR) is 74.3 cm³/mol. The van der Waals surface area contributed by atoms with Gasteiger partial charge in [-0.25, -0.2) is 0 Å². The van der Waals surface area contributed by atoms with Gasteiger partial charge in [0.05, 0.1) is 0 Å². The second kappa shape index (κ2) is 6.75. The molecule has 2 aliphatic rings. The highest BCUT2D eigenvalue weighted by atomic mass is 15.0. The van der Waals surface area contributed by atoms with Gasteiger partial charge in [-0.1, -0.05) is 26.2 Å². The van der Waals surface area contributed by atoms with Crippen molar-refractivity contribution in [3.8, 4) is 0 Å². The molecule has 0 amide bonds. The van der Waals surface area contributed by atoms with Crippen LogP contribution in [0.3, 0.4) is 0 Å². The van der Waals surface area contributed by atoms with Crippen molar-refractivity contribution in [3.63, 3.8) is 0 Å². The summed E-state index contributed by atoms with van der Waals surface area (Å²) in [7, 11) is 0. The van der Waals surface area contributed by atoms with Gasteiger partial charge in [-0.3, -0.25) is 0 Å². The van der Waals surface area contributed by atoms with E-state index in [9.17, 15) is 0 Å². The summed E-state index contributed by atoms with van der Waals surface area (Å²) in [6.07, 6.45) is 11.2. The molecule has 3 unspecified atom stereocenters. The second-order valence-corrected chi connectivity index (χ2v) is 6.23. The third-order valence-electron chi connectivity index (χ3n) is 4.38. The van der Waals surface area contributed by atoms with E-state index in [1.165, 1.54) is 57.9 Å². The number of nitrogens with one attached hydrogen (secondary N) is 2. The molecule has 17 heavy (non-hydrogen) atoms. The largest absolute Gasteiger partial charge is 0.314 e. The predicted octanol–water partition coefficient (Wildman–Crippen LogP) is 3.08. The van der Waals surface area contributed by atoms with E-state index in [1.54, 1.807) is 0 Å². The molecule has 2 nitrogen and oxygen atoms in total. The van der Waals surface area contributed by atoms with Crippen molar-refractivity contribution in [2.24, 2.45) is 5.92 Å². The third kappa shape index (κ3) is 4.97. The average molecular weight is 238 g/mol. The maximum atomic E-state index is 3.85. The number of piperidine rings is 1. The summed E-state index contributed by atoms with van der Waals surface area (Å²) in [4.78, 5) is 0. The van der Waals surface area contributed by atoms with Gasteiger partial charge in [0.2, 0.25) is 0 Å². The molecule has 0 spiro atoms. The fourth-order valence-electron chi connectivity index (χ4n) is 3.13. The second-order valence-electron chi connectivity index (χ2n) is 6.23. The Kier molecular flexibility index (Phi) is 5.30. The monoisotopic (exact) mass is 238 g/mol. The lowest BCUT2D eigenvalue weighted by Crippen LogP contribution is -2.43. The Morgan fingerprint density at radius 2 is 2.00 bits per heavy atom. The molecule has 0 radical (unpaired) electrons. The minimum atomic E-state index is 0.675. The van der Waals surface area contributed by atoms with E-state index in [4.69, 9.17) is 0 Å². The Morgan fingerprint density at radius 3 is 2.59 bits per heavy atom. The minimum absolute atomic E-state index is 0.675. The number of hydrogen-bond donors (Lipinski definition) is 2. The third-order valence-corrected chi connectivity index (χ3v) is 4.38. The van der Waals surface area contributed by atoms with Gasteiger partial charge in [0, 0.05) is 18.1 Å². The number of hydrogen-bond acceptors (Lipinski definition) is 2. The van der Waals surface area contributed by atoms with Gasteiger partial charge in [-0.15, -0.1) is 0 Å². The molecule has 0 aromatic rings. The van der Waals surface area contributed by atoms with Crippen molar-refractivity contribution in [2.75, 3.05) is 6.54 Å². The lowest BCUT2D eigenvalue weighted by molar-refractivity contribution is 0.317. The van der Waals surface area contributed by atoms with Crippen molar-refractivity contribution in [3.05, 3.63) is 0 Å². The normalized spacial score (nSPS) is 28.9. The molecule has 1 aliphatic carbocycles. The van der Waals surface area contributed by atoms with Crippen molar-refractivity contribution in [2.45, 2.75) is 83.3 Å². The van der Waals surface area contributed by atoms with Crippen molar-refractivity contribution < 1.29 is 0 Å². The van der Waals surface area contributed by atoms with Gasteiger partial charge in [-0.2, -0.15) is 0 Å². The Hall–Kier alpha value is -0.0800. The summed E-state index contributed by atoms with van der Waals surface area (Å²) in [6.45, 7) is 5.92. The molecule has 0 aromatic carbocycles. The van der Waals surface area contributed by atoms with E-state index in [1.807, 2.05) is 0 Å². The molecular weight excluding hydrogens is 208 g/mol. The smallest absolute Gasteiger partial charge is 0.00817 e. The molecular formula is C15H30N2. The van der Waals surface area contributed by atoms with Crippen LogP contribution >= 0.6 is 0 Å². The van der Waals surface area contributed by atoms with E-state index in [0.29, 0.717) is 6.04 Å². The van der Waals surface area contributed by atoms with Crippen LogP contribution in [-0.4, -0.2) is 24.7 Å². The summed E-state index contributed by atoms with van der Waals surface area (Å²) in [5.41, 5.74) is 0. The highest BCUT2D eigenvalue weighted by Gasteiger charge is 2.25. The van der Waals surface area contributed by atoms with Crippen LogP contribution < -0.4 is 10.6 Å². The van der Waals surface area contributed by atoms with Crippen LogP contribution in [0, 0.1) is 5.92 Å². The maximum Gasteiger partial charge on any atom is 0.00817 e. The van der Waals surface area contributed by atoms with Gasteiger partial charge in [0.1, 0.15) is 0 Å². The van der Waals surface area contributed by atoms with E-state index >= 15 is 0 Å². The van der Waals surface area contributed by atoms with Crippen LogP contribution in [0.25, 0.3) is 0 Å². The zero-order valence-corrected chi connectivity index (χ0v) is 11.7. The molecule has 1 heterocycles. The summed E-state index contributed by atoms with van der Waals surface area (Å²) in [5.74, 6) is 1.05. The summed E-state index contributed by atoms with van der Waals surface area (Å²) in [5, 5.41) is 7.50. The first-order chi connectivity index (χ1) is 8.28. The highest BCUT2D eigenvalue weighted by Crippen LogP contribution is 2.34. The quantitative estimate of drug-likeness (QED) is 0.712. The van der Waals surface area contributed by atoms with Crippen LogP contribution in [0.5, 0.6) is 0 Å². The topological polar surface area (TPSA) is 24.1 Å². The fourth-order valence-corrected chi connectivity index (χ4v) is 3.13. The summed E-state index contributed by atoms with van der Waals surface area (Å²) in [6, 6.07) is 2.21. The van der Waals surface area contributed by atoms with Gasteiger partial charge in [0.15, 0.2) is 0 Å². The van der Waals surface area contributed by atoms with Crippen molar-refractivity contribution in [1.29, 1.82) is 0 Å². The van der Waals surface area contributed by atoms with Crippen LogP contribution in [0.1, 0.15) is 65.2 Å². The van der Waals surface area contributed by atoms with Gasteiger partial charge < -0.3 is 10.6 Å². The van der Waals surface area contributed by atoms with Crippen LogP contribution in [0.4, 0.5) is 0 Å². The molecule has 1 aliphatic heterocycles. The fraction of sp³-hybridized carbons (Fsp3) is 1.00. The molecule has 2 heteroatoms. The lowest BCUT2D eigenvalue weighted by atomic mass is 9.97. The van der Waals surface area contributed by atoms with Gasteiger partial charge >= 0.3 is 0 Å². The van der Waals surface area contributed by atoms with Crippen LogP contribution in [0.2, 0.25) is 0 Å². The first kappa shape index (κ1) is 13.4. The SMILES string of the molecule is CCC(CC1CC1)NC(C)CC1CCCCN1. The Labute approximate surface area is 107 Å². The molecule has 100 valence electrons. The molecule has 0 bridgehead atoms. The van der Waals surface area contributed by atoms with E-state index in [-0.39, 0.29) is 0 Å². The molecule has 3 atom stereocenters. The van der Waals surface area contributed by atoms with Gasteiger partial charge in [-0.05, 0) is 51.5 Å². The zero-order valence-electron chi connectivity index (χ0n) is 11.7. The van der Waals surface area contributed by atoms with Gasteiger partial charge in [0.25, 0.3) is 0 Å². The maximum absolute atomic E-state index is 3.85. The molecule has 1 saturated carbocycles. The van der Waals surface area contributed by atoms with Crippen molar-refractivity contribution >= 4 is 0 Å². The highest BCUT2D eigenvalue weighted by molar-refractivity contribution is 4.83. The molecule has 2 rings (SSSR count). The van der Waals surface area contributed by atoms with Crippen LogP contribution in [0.15, 0.2) is 0 Å². The molecule has 2 fully saturated rings. The molecule has 1 saturated heterocycles. The molecule has 0 aromatic heterocycles. The standard InChI is InChI=1S/C15H30N2/c1-3-14(11-13-7-8-13)17-12(2)10-15-6-4-5-9-16-15/h12-17H,3-11H2,1-2H3. The van der Waals surface area contributed by atoms with E-state index in [2.05, 4.69) is 24.5 Å². The zero-order chi connectivity index (χ0) is 12.1. The Bertz CT molecular complexity index is 207. The van der Waals surface area contributed by atoms with Crippen molar-refractivity contribution in [1.82, 2.24) is 10.6 Å². The van der Waals surface area contributed by atoms with Crippen LogP contribution in [-0.2, 0) is 0 Å². The first-order valence-corrected chi connectivity index (χ1v) is 7.77.